The maximum absolute atomic E-state index is 5.62. The van der Waals surface area contributed by atoms with Gasteiger partial charge in [-0.2, -0.15) is 0 Å². The summed E-state index contributed by atoms with van der Waals surface area (Å²) in [7, 11) is 1.65. The molecule has 1 aromatic carbocycles. The van der Waals surface area contributed by atoms with Crippen LogP contribution < -0.4 is 14.8 Å². The largest absolute Gasteiger partial charge is 0.493 e. The van der Waals surface area contributed by atoms with E-state index in [1.807, 2.05) is 26.8 Å². The number of benzene rings is 1. The normalized spacial score (nSPS) is 11.8. The number of hydrogen-bond acceptors (Lipinski definition) is 4. The van der Waals surface area contributed by atoms with Crippen LogP contribution in [0.25, 0.3) is 0 Å². The first-order valence-corrected chi connectivity index (χ1v) is 8.55. The Balaban J connectivity index is 0.00000288. The summed E-state index contributed by atoms with van der Waals surface area (Å²) in [6.07, 6.45) is 0. The fraction of sp³-hybridized carbons (Fsp3) is 0.444. The van der Waals surface area contributed by atoms with E-state index < -0.39 is 0 Å². The molecule has 0 aliphatic heterocycles. The van der Waals surface area contributed by atoms with Gasteiger partial charge in [-0.05, 0) is 67.4 Å². The number of furan rings is 1. The zero-order valence-corrected chi connectivity index (χ0v) is 17.1. The molecule has 0 saturated carbocycles. The molecule has 24 heavy (non-hydrogen) atoms. The highest BCUT2D eigenvalue weighted by Gasteiger charge is 2.14. The van der Waals surface area contributed by atoms with E-state index in [0.717, 1.165) is 39.6 Å². The molecule has 1 N–H and O–H groups in total. The van der Waals surface area contributed by atoms with Gasteiger partial charge in [0.15, 0.2) is 11.5 Å². The Morgan fingerprint density at radius 2 is 1.96 bits per heavy atom. The molecule has 1 unspecified atom stereocenters. The number of aryl methyl sites for hydroxylation is 2. The van der Waals surface area contributed by atoms with Crippen LogP contribution in [0, 0.1) is 13.8 Å². The number of hydrogen-bond donors (Lipinski definition) is 1. The standard InChI is InChI=1S/C18H24BrNO3.ClH/c1-6-22-18-16(19)8-14(9-17(18)21-5)10-20-12(3)15-7-11(2)23-13(15)4;/h7-9,12,20H,6,10H2,1-5H3;1H. The molecular weight excluding hydrogens is 394 g/mol. The number of ether oxygens (including phenoxy) is 2. The zero-order chi connectivity index (χ0) is 17.0. The van der Waals surface area contributed by atoms with Crippen LogP contribution in [0.5, 0.6) is 11.5 Å². The molecule has 0 fully saturated rings. The van der Waals surface area contributed by atoms with E-state index in [4.69, 9.17) is 13.9 Å². The van der Waals surface area contributed by atoms with E-state index in [9.17, 15) is 0 Å². The number of halogens is 2. The Bertz CT molecular complexity index is 673. The van der Waals surface area contributed by atoms with Gasteiger partial charge in [0.05, 0.1) is 18.2 Å². The minimum Gasteiger partial charge on any atom is -0.493 e. The van der Waals surface area contributed by atoms with Crippen molar-refractivity contribution in [3.05, 3.63) is 45.3 Å². The van der Waals surface area contributed by atoms with Crippen molar-refractivity contribution < 1.29 is 13.9 Å². The highest BCUT2D eigenvalue weighted by atomic mass is 79.9. The predicted molar refractivity (Wildman–Crippen MR) is 103 cm³/mol. The number of rotatable bonds is 7. The minimum absolute atomic E-state index is 0. The fourth-order valence-corrected chi connectivity index (χ4v) is 3.22. The second-order valence-electron chi connectivity index (χ2n) is 5.51. The molecule has 0 aliphatic carbocycles. The summed E-state index contributed by atoms with van der Waals surface area (Å²) < 4.78 is 17.6. The Morgan fingerprint density at radius 1 is 1.25 bits per heavy atom. The maximum Gasteiger partial charge on any atom is 0.175 e. The average Bonchev–Trinajstić information content (AvgIpc) is 2.85. The Kier molecular flexibility index (Phi) is 8.13. The van der Waals surface area contributed by atoms with Crippen molar-refractivity contribution in [3.63, 3.8) is 0 Å². The van der Waals surface area contributed by atoms with Gasteiger partial charge < -0.3 is 19.2 Å². The van der Waals surface area contributed by atoms with Crippen LogP contribution >= 0.6 is 28.3 Å². The van der Waals surface area contributed by atoms with Crippen LogP contribution in [-0.4, -0.2) is 13.7 Å². The lowest BCUT2D eigenvalue weighted by Gasteiger charge is -2.16. The third kappa shape index (κ3) is 4.91. The minimum atomic E-state index is 0. The molecular formula is C18H25BrClNO3. The van der Waals surface area contributed by atoms with E-state index in [1.165, 1.54) is 5.56 Å². The Labute approximate surface area is 158 Å². The second-order valence-corrected chi connectivity index (χ2v) is 6.37. The molecule has 4 nitrogen and oxygen atoms in total. The zero-order valence-electron chi connectivity index (χ0n) is 14.7. The van der Waals surface area contributed by atoms with Crippen molar-refractivity contribution >= 4 is 28.3 Å². The molecule has 0 amide bonds. The van der Waals surface area contributed by atoms with Gasteiger partial charge in [0.25, 0.3) is 0 Å². The summed E-state index contributed by atoms with van der Waals surface area (Å²) >= 11 is 3.56. The Morgan fingerprint density at radius 3 is 2.50 bits per heavy atom. The first kappa shape index (κ1) is 20.9. The van der Waals surface area contributed by atoms with E-state index in [-0.39, 0.29) is 18.4 Å². The van der Waals surface area contributed by atoms with Crippen molar-refractivity contribution in [2.45, 2.75) is 40.3 Å². The molecule has 0 spiro atoms. The van der Waals surface area contributed by atoms with E-state index in [2.05, 4.69) is 40.3 Å². The lowest BCUT2D eigenvalue weighted by Crippen LogP contribution is -2.18. The van der Waals surface area contributed by atoms with Crippen LogP contribution in [0.1, 0.15) is 42.5 Å². The van der Waals surface area contributed by atoms with Crippen molar-refractivity contribution in [1.29, 1.82) is 0 Å². The molecule has 0 saturated heterocycles. The summed E-state index contributed by atoms with van der Waals surface area (Å²) in [4.78, 5) is 0. The van der Waals surface area contributed by atoms with Gasteiger partial charge in [0.2, 0.25) is 0 Å². The van der Waals surface area contributed by atoms with Gasteiger partial charge in [-0.3, -0.25) is 0 Å². The van der Waals surface area contributed by atoms with Crippen molar-refractivity contribution in [2.24, 2.45) is 0 Å². The fourth-order valence-electron chi connectivity index (χ4n) is 2.62. The molecule has 0 bridgehead atoms. The maximum atomic E-state index is 5.62. The van der Waals surface area contributed by atoms with E-state index in [1.54, 1.807) is 7.11 Å². The van der Waals surface area contributed by atoms with Crippen molar-refractivity contribution in [3.8, 4) is 11.5 Å². The smallest absolute Gasteiger partial charge is 0.175 e. The Hall–Kier alpha value is -1.17. The molecule has 134 valence electrons. The molecule has 1 aromatic heterocycles. The number of methoxy groups -OCH3 is 1. The molecule has 6 heteroatoms. The van der Waals surface area contributed by atoms with Gasteiger partial charge in [-0.1, -0.05) is 0 Å². The highest BCUT2D eigenvalue weighted by molar-refractivity contribution is 9.10. The first-order valence-electron chi connectivity index (χ1n) is 7.75. The first-order chi connectivity index (χ1) is 11.0. The van der Waals surface area contributed by atoms with Gasteiger partial charge in [0.1, 0.15) is 11.5 Å². The summed E-state index contributed by atoms with van der Waals surface area (Å²) in [6, 6.07) is 6.36. The van der Waals surface area contributed by atoms with E-state index in [0.29, 0.717) is 6.61 Å². The van der Waals surface area contributed by atoms with Crippen LogP contribution in [0.15, 0.2) is 27.1 Å². The van der Waals surface area contributed by atoms with Crippen molar-refractivity contribution in [1.82, 2.24) is 5.32 Å². The summed E-state index contributed by atoms with van der Waals surface area (Å²) in [5.41, 5.74) is 2.32. The predicted octanol–water partition coefficient (Wildman–Crippen LogP) is 5.34. The summed E-state index contributed by atoms with van der Waals surface area (Å²) in [5, 5.41) is 3.52. The van der Waals surface area contributed by atoms with Crippen LogP contribution in [-0.2, 0) is 6.54 Å². The third-order valence-electron chi connectivity index (χ3n) is 3.74. The van der Waals surface area contributed by atoms with Gasteiger partial charge in [-0.25, -0.2) is 0 Å². The molecule has 2 rings (SSSR count). The molecule has 2 aromatic rings. The van der Waals surface area contributed by atoms with Gasteiger partial charge in [-0.15, -0.1) is 12.4 Å². The van der Waals surface area contributed by atoms with Gasteiger partial charge in [0, 0.05) is 18.2 Å². The molecule has 0 radical (unpaired) electrons. The van der Waals surface area contributed by atoms with Crippen LogP contribution in [0.3, 0.4) is 0 Å². The molecule has 0 aliphatic rings. The quantitative estimate of drug-likeness (QED) is 0.659. The topological polar surface area (TPSA) is 43.6 Å². The summed E-state index contributed by atoms with van der Waals surface area (Å²) in [5.74, 6) is 3.39. The summed E-state index contributed by atoms with van der Waals surface area (Å²) in [6.45, 7) is 9.39. The van der Waals surface area contributed by atoms with Gasteiger partial charge >= 0.3 is 0 Å². The lowest BCUT2D eigenvalue weighted by atomic mass is 10.1. The van der Waals surface area contributed by atoms with Crippen molar-refractivity contribution in [2.75, 3.05) is 13.7 Å². The number of nitrogens with one attached hydrogen (secondary N) is 1. The van der Waals surface area contributed by atoms with Crippen LogP contribution in [0.2, 0.25) is 0 Å². The lowest BCUT2D eigenvalue weighted by molar-refractivity contribution is 0.308. The van der Waals surface area contributed by atoms with E-state index >= 15 is 0 Å². The highest BCUT2D eigenvalue weighted by Crippen LogP contribution is 2.36. The third-order valence-corrected chi connectivity index (χ3v) is 4.33. The second kappa shape index (κ2) is 9.35. The monoisotopic (exact) mass is 417 g/mol. The molecule has 1 atom stereocenters. The average molecular weight is 419 g/mol. The molecule has 1 heterocycles. The van der Waals surface area contributed by atoms with Crippen LogP contribution in [0.4, 0.5) is 0 Å². The SMILES string of the molecule is CCOc1c(Br)cc(CNC(C)c2cc(C)oc2C)cc1OC.Cl.